The maximum absolute atomic E-state index is 12.4. The lowest BCUT2D eigenvalue weighted by atomic mass is 9.81. The van der Waals surface area contributed by atoms with Gasteiger partial charge in [0.25, 0.3) is 0 Å². The van der Waals surface area contributed by atoms with Gasteiger partial charge in [-0.3, -0.25) is 4.57 Å². The number of pyridine rings is 2. The summed E-state index contributed by atoms with van der Waals surface area (Å²) in [5, 5.41) is 14.7. The van der Waals surface area contributed by atoms with Crippen LogP contribution in [0.3, 0.4) is 0 Å². The maximum atomic E-state index is 12.4. The molecule has 1 saturated carbocycles. The second kappa shape index (κ2) is 10.6. The van der Waals surface area contributed by atoms with E-state index in [1.807, 2.05) is 60.2 Å². The lowest BCUT2D eigenvalue weighted by molar-refractivity contribution is -0.0485. The Morgan fingerprint density at radius 1 is 1.05 bits per heavy atom. The predicted octanol–water partition coefficient (Wildman–Crippen LogP) is 6.00. The average molecular weight is 526 g/mol. The highest BCUT2D eigenvalue weighted by Gasteiger charge is 2.38. The summed E-state index contributed by atoms with van der Waals surface area (Å²) in [6.07, 6.45) is 7.15. The van der Waals surface area contributed by atoms with Crippen molar-refractivity contribution in [2.45, 2.75) is 70.5 Å². The van der Waals surface area contributed by atoms with Gasteiger partial charge in [0.1, 0.15) is 35.5 Å². The van der Waals surface area contributed by atoms with Crippen LogP contribution in [0.2, 0.25) is 0 Å². The van der Waals surface area contributed by atoms with E-state index in [9.17, 15) is 9.90 Å². The first-order chi connectivity index (χ1) is 18.6. The minimum atomic E-state index is -1.08. The van der Waals surface area contributed by atoms with Crippen LogP contribution < -0.4 is 5.32 Å². The molecule has 0 amide bonds. The summed E-state index contributed by atoms with van der Waals surface area (Å²) >= 11 is 0. The summed E-state index contributed by atoms with van der Waals surface area (Å²) in [5.74, 6) is 1.78. The van der Waals surface area contributed by atoms with E-state index in [0.717, 1.165) is 11.4 Å². The molecule has 3 aromatic heterocycles. The number of aryl methyl sites for hydroxylation is 1. The van der Waals surface area contributed by atoms with E-state index in [1.165, 1.54) is 5.56 Å². The Bertz CT molecular complexity index is 1450. The van der Waals surface area contributed by atoms with Crippen LogP contribution in [0.15, 0.2) is 73.3 Å². The number of hydrogen-bond acceptors (Lipinski definition) is 7. The van der Waals surface area contributed by atoms with E-state index in [2.05, 4.69) is 36.1 Å². The standard InChI is InChI=1S/C31H35N5O3/c1-21-16-27(34-26-18-23(12-15-32-26)30(2,3)4)35-28(17-21)36-19-25(33-20-36)31(38)13-10-24(11-14-31)39-29(37)22-8-6-5-7-9-22/h5-9,12,15-20,24,38H,10-11,13-14H2,1-4H3,(H,32,34,35)/t24-,31-. The molecule has 8 nitrogen and oxygen atoms in total. The molecular formula is C31H35N5O3. The SMILES string of the molecule is Cc1cc(Nc2cc(C(C)(C)C)ccn2)nc(-n2cnc([C@]3(O)CC[C@H](OC(=O)c4ccccc4)CC3)c2)c1. The summed E-state index contributed by atoms with van der Waals surface area (Å²) in [7, 11) is 0. The number of rotatable bonds is 6. The van der Waals surface area contributed by atoms with Crippen LogP contribution in [0.5, 0.6) is 0 Å². The zero-order chi connectivity index (χ0) is 27.6. The highest BCUT2D eigenvalue weighted by Crippen LogP contribution is 2.38. The summed E-state index contributed by atoms with van der Waals surface area (Å²) in [5.41, 5.74) is 2.28. The van der Waals surface area contributed by atoms with Gasteiger partial charge in [0.05, 0.1) is 11.3 Å². The molecule has 3 heterocycles. The lowest BCUT2D eigenvalue weighted by Crippen LogP contribution is -2.35. The first-order valence-corrected chi connectivity index (χ1v) is 13.3. The quantitative estimate of drug-likeness (QED) is 0.298. The van der Waals surface area contributed by atoms with E-state index in [-0.39, 0.29) is 17.5 Å². The topological polar surface area (TPSA) is 102 Å². The molecule has 0 radical (unpaired) electrons. The molecule has 0 saturated heterocycles. The van der Waals surface area contributed by atoms with Crippen molar-refractivity contribution in [3.05, 3.63) is 95.7 Å². The average Bonchev–Trinajstić information content (AvgIpc) is 3.42. The number of carbonyl (C=O) groups excluding carboxylic acids is 1. The zero-order valence-electron chi connectivity index (χ0n) is 22.9. The Balaban J connectivity index is 1.27. The number of aromatic nitrogens is 4. The van der Waals surface area contributed by atoms with Gasteiger partial charge in [-0.1, -0.05) is 39.0 Å². The highest BCUT2D eigenvalue weighted by molar-refractivity contribution is 5.89. The molecule has 1 aromatic carbocycles. The van der Waals surface area contributed by atoms with Crippen LogP contribution in [0.1, 0.15) is 73.6 Å². The number of esters is 1. The molecule has 39 heavy (non-hydrogen) atoms. The molecule has 1 aliphatic carbocycles. The number of benzene rings is 1. The Hall–Kier alpha value is -4.04. The van der Waals surface area contributed by atoms with Crippen molar-refractivity contribution in [3.63, 3.8) is 0 Å². The van der Waals surface area contributed by atoms with E-state index < -0.39 is 5.60 Å². The number of aliphatic hydroxyl groups is 1. The van der Waals surface area contributed by atoms with E-state index >= 15 is 0 Å². The largest absolute Gasteiger partial charge is 0.459 e. The molecule has 0 spiro atoms. The monoisotopic (exact) mass is 525 g/mol. The fraction of sp³-hybridized carbons (Fsp3) is 0.355. The first kappa shape index (κ1) is 26.6. The molecule has 0 aliphatic heterocycles. The first-order valence-electron chi connectivity index (χ1n) is 13.3. The van der Waals surface area contributed by atoms with Crippen LogP contribution in [-0.2, 0) is 15.8 Å². The minimum Gasteiger partial charge on any atom is -0.459 e. The molecule has 202 valence electrons. The third-order valence-corrected chi connectivity index (χ3v) is 7.21. The smallest absolute Gasteiger partial charge is 0.338 e. The van der Waals surface area contributed by atoms with Crippen molar-refractivity contribution in [1.29, 1.82) is 0 Å². The molecule has 5 rings (SSSR count). The fourth-order valence-electron chi connectivity index (χ4n) is 4.87. The van der Waals surface area contributed by atoms with Gasteiger partial charge in [0.2, 0.25) is 0 Å². The molecule has 8 heteroatoms. The maximum Gasteiger partial charge on any atom is 0.338 e. The van der Waals surface area contributed by atoms with Crippen LogP contribution in [0, 0.1) is 6.92 Å². The number of nitrogens with one attached hydrogen (secondary N) is 1. The highest BCUT2D eigenvalue weighted by atomic mass is 16.5. The lowest BCUT2D eigenvalue weighted by Gasteiger charge is -2.34. The van der Waals surface area contributed by atoms with Crippen LogP contribution in [0.4, 0.5) is 11.6 Å². The summed E-state index contributed by atoms with van der Waals surface area (Å²) in [6.45, 7) is 8.52. The van der Waals surface area contributed by atoms with Crippen LogP contribution in [0.25, 0.3) is 5.82 Å². The van der Waals surface area contributed by atoms with Gasteiger partial charge < -0.3 is 15.2 Å². The molecule has 4 aromatic rings. The Morgan fingerprint density at radius 2 is 1.79 bits per heavy atom. The van der Waals surface area contributed by atoms with E-state index in [1.54, 1.807) is 24.7 Å². The Labute approximate surface area is 229 Å². The van der Waals surface area contributed by atoms with E-state index in [0.29, 0.717) is 48.6 Å². The third kappa shape index (κ3) is 6.17. The zero-order valence-corrected chi connectivity index (χ0v) is 22.9. The van der Waals surface area contributed by atoms with Gasteiger partial charge in [-0.25, -0.2) is 19.7 Å². The van der Waals surface area contributed by atoms with Crippen LogP contribution in [-0.4, -0.2) is 36.7 Å². The van der Waals surface area contributed by atoms with Crippen molar-refractivity contribution in [2.24, 2.45) is 0 Å². The van der Waals surface area contributed by atoms with E-state index in [4.69, 9.17) is 9.72 Å². The minimum absolute atomic E-state index is 0.0146. The molecule has 0 atom stereocenters. The van der Waals surface area contributed by atoms with Gasteiger partial charge in [0, 0.05) is 12.4 Å². The number of imidazole rings is 1. The van der Waals surface area contributed by atoms with Crippen molar-refractivity contribution in [2.75, 3.05) is 5.32 Å². The van der Waals surface area contributed by atoms with Crippen molar-refractivity contribution in [3.8, 4) is 5.82 Å². The molecule has 1 fully saturated rings. The van der Waals surface area contributed by atoms with Crippen molar-refractivity contribution < 1.29 is 14.6 Å². The summed E-state index contributed by atoms with van der Waals surface area (Å²) in [6, 6.07) is 17.0. The van der Waals surface area contributed by atoms with Gasteiger partial charge in [-0.05, 0) is 85.5 Å². The van der Waals surface area contributed by atoms with Crippen LogP contribution >= 0.6 is 0 Å². The Morgan fingerprint density at radius 3 is 2.51 bits per heavy atom. The van der Waals surface area contributed by atoms with Gasteiger partial charge >= 0.3 is 5.97 Å². The van der Waals surface area contributed by atoms with Crippen molar-refractivity contribution in [1.82, 2.24) is 19.5 Å². The molecule has 1 aliphatic rings. The molecule has 0 bridgehead atoms. The van der Waals surface area contributed by atoms with Gasteiger partial charge in [-0.2, -0.15) is 0 Å². The molecule has 0 unspecified atom stereocenters. The van der Waals surface area contributed by atoms with Crippen molar-refractivity contribution >= 4 is 17.6 Å². The number of carbonyl (C=O) groups is 1. The second-order valence-electron chi connectivity index (χ2n) is 11.4. The third-order valence-electron chi connectivity index (χ3n) is 7.21. The van der Waals surface area contributed by atoms with Gasteiger partial charge in [-0.15, -0.1) is 0 Å². The molecule has 2 N–H and O–H groups in total. The number of ether oxygens (including phenoxy) is 1. The normalized spacial score (nSPS) is 19.5. The summed E-state index contributed by atoms with van der Waals surface area (Å²) in [4.78, 5) is 26.2. The Kier molecular flexibility index (Phi) is 7.23. The number of hydrogen-bond donors (Lipinski definition) is 2. The number of nitrogens with zero attached hydrogens (tertiary/aromatic N) is 4. The second-order valence-corrected chi connectivity index (χ2v) is 11.4. The summed E-state index contributed by atoms with van der Waals surface area (Å²) < 4.78 is 7.51. The van der Waals surface area contributed by atoms with Gasteiger partial charge in [0.15, 0.2) is 0 Å². The molecular weight excluding hydrogens is 490 g/mol. The fourth-order valence-corrected chi connectivity index (χ4v) is 4.87. The predicted molar refractivity (Wildman–Crippen MR) is 150 cm³/mol. The number of anilines is 2.